The molecule has 0 aromatic heterocycles. The van der Waals surface area contributed by atoms with Gasteiger partial charge in [-0.2, -0.15) is 0 Å². The van der Waals surface area contributed by atoms with Gasteiger partial charge in [0.15, 0.2) is 0 Å². The van der Waals surface area contributed by atoms with Gasteiger partial charge in [-0.15, -0.1) is 0 Å². The summed E-state index contributed by atoms with van der Waals surface area (Å²) in [6, 6.07) is 9.39. The molecule has 0 bridgehead atoms. The van der Waals surface area contributed by atoms with Crippen molar-refractivity contribution in [3.63, 3.8) is 0 Å². The minimum absolute atomic E-state index is 0.422. The fourth-order valence-electron chi connectivity index (χ4n) is 3.81. The van der Waals surface area contributed by atoms with Crippen LogP contribution in [-0.2, 0) is 11.2 Å². The molecule has 1 saturated carbocycles. The summed E-state index contributed by atoms with van der Waals surface area (Å²) < 4.78 is 5.61. The largest absolute Gasteiger partial charge is 0.380 e. The molecule has 0 amide bonds. The molecule has 2 aliphatic rings. The van der Waals surface area contributed by atoms with Gasteiger partial charge in [-0.05, 0) is 43.9 Å². The van der Waals surface area contributed by atoms with Crippen LogP contribution in [0.25, 0.3) is 0 Å². The molecule has 3 rings (SSSR count). The standard InChI is InChI=1S/C18H28N2O/c1-21-18-10-5-3-8-16(18)19-12-6-13-20-14-11-15-7-2-4-9-17(15)20/h2,4,7,9,16,18-19H,3,5-6,8,10-14H2,1H3. The fraction of sp³-hybridized carbons (Fsp3) is 0.667. The molecule has 1 aliphatic heterocycles. The lowest BCUT2D eigenvalue weighted by Crippen LogP contribution is -2.44. The first kappa shape index (κ1) is 14.9. The van der Waals surface area contributed by atoms with Gasteiger partial charge in [-0.25, -0.2) is 0 Å². The van der Waals surface area contributed by atoms with Gasteiger partial charge < -0.3 is 15.0 Å². The van der Waals surface area contributed by atoms with Crippen molar-refractivity contribution < 1.29 is 4.74 Å². The van der Waals surface area contributed by atoms with Gasteiger partial charge >= 0.3 is 0 Å². The van der Waals surface area contributed by atoms with E-state index in [1.165, 1.54) is 56.3 Å². The third-order valence-electron chi connectivity index (χ3n) is 5.00. The van der Waals surface area contributed by atoms with Crippen molar-refractivity contribution in [2.24, 2.45) is 0 Å². The Hall–Kier alpha value is -1.06. The minimum Gasteiger partial charge on any atom is -0.380 e. The average Bonchev–Trinajstić information content (AvgIpc) is 2.95. The molecule has 1 fully saturated rings. The topological polar surface area (TPSA) is 24.5 Å². The van der Waals surface area contributed by atoms with Crippen molar-refractivity contribution in [1.82, 2.24) is 5.32 Å². The molecular formula is C18H28N2O. The Bertz CT molecular complexity index is 449. The average molecular weight is 288 g/mol. The predicted molar refractivity (Wildman–Crippen MR) is 88.0 cm³/mol. The van der Waals surface area contributed by atoms with E-state index in [-0.39, 0.29) is 0 Å². The van der Waals surface area contributed by atoms with Crippen LogP contribution in [0.15, 0.2) is 24.3 Å². The van der Waals surface area contributed by atoms with Crippen molar-refractivity contribution in [1.29, 1.82) is 0 Å². The van der Waals surface area contributed by atoms with Crippen molar-refractivity contribution in [3.05, 3.63) is 29.8 Å². The number of fused-ring (bicyclic) bond motifs is 1. The van der Waals surface area contributed by atoms with Crippen LogP contribution in [0.4, 0.5) is 5.69 Å². The van der Waals surface area contributed by atoms with Crippen molar-refractivity contribution in [2.45, 2.75) is 50.7 Å². The van der Waals surface area contributed by atoms with E-state index in [1.54, 1.807) is 0 Å². The van der Waals surface area contributed by atoms with E-state index in [0.717, 1.165) is 13.1 Å². The molecule has 2 atom stereocenters. The van der Waals surface area contributed by atoms with Gasteiger partial charge in [-0.3, -0.25) is 0 Å². The molecule has 1 aromatic carbocycles. The van der Waals surface area contributed by atoms with Gasteiger partial charge in [0.1, 0.15) is 0 Å². The third kappa shape index (κ3) is 3.58. The van der Waals surface area contributed by atoms with E-state index >= 15 is 0 Å². The zero-order valence-electron chi connectivity index (χ0n) is 13.2. The number of anilines is 1. The molecule has 2 unspecified atom stereocenters. The van der Waals surface area contributed by atoms with Gasteiger partial charge in [0.25, 0.3) is 0 Å². The number of nitrogens with one attached hydrogen (secondary N) is 1. The van der Waals surface area contributed by atoms with E-state index in [9.17, 15) is 0 Å². The summed E-state index contributed by atoms with van der Waals surface area (Å²) in [5.74, 6) is 0. The number of hydrogen-bond donors (Lipinski definition) is 1. The molecular weight excluding hydrogens is 260 g/mol. The summed E-state index contributed by atoms with van der Waals surface area (Å²) in [5, 5.41) is 3.72. The lowest BCUT2D eigenvalue weighted by Gasteiger charge is -2.31. The quantitative estimate of drug-likeness (QED) is 0.815. The SMILES string of the molecule is COC1CCCCC1NCCCN1CCc2ccccc21. The normalized spacial score (nSPS) is 25.1. The van der Waals surface area contributed by atoms with Gasteiger partial charge in [-0.1, -0.05) is 31.0 Å². The third-order valence-corrected chi connectivity index (χ3v) is 5.00. The highest BCUT2D eigenvalue weighted by Gasteiger charge is 2.24. The molecule has 1 N–H and O–H groups in total. The molecule has 116 valence electrons. The predicted octanol–water partition coefficient (Wildman–Crippen LogP) is 2.99. The summed E-state index contributed by atoms with van der Waals surface area (Å²) in [5.41, 5.74) is 2.96. The van der Waals surface area contributed by atoms with E-state index in [1.807, 2.05) is 7.11 Å². The summed E-state index contributed by atoms with van der Waals surface area (Å²) in [6.45, 7) is 3.45. The Labute approximate surface area is 128 Å². The maximum absolute atomic E-state index is 5.61. The summed E-state index contributed by atoms with van der Waals surface area (Å²) in [7, 11) is 1.85. The molecule has 0 radical (unpaired) electrons. The van der Waals surface area contributed by atoms with Gasteiger partial charge in [0.2, 0.25) is 0 Å². The number of nitrogens with zero attached hydrogens (tertiary/aromatic N) is 1. The van der Waals surface area contributed by atoms with E-state index in [4.69, 9.17) is 4.74 Å². The van der Waals surface area contributed by atoms with Crippen LogP contribution in [0.3, 0.4) is 0 Å². The van der Waals surface area contributed by atoms with Crippen LogP contribution < -0.4 is 10.2 Å². The Morgan fingerprint density at radius 3 is 3.00 bits per heavy atom. The van der Waals surface area contributed by atoms with Crippen molar-refractivity contribution in [2.75, 3.05) is 31.6 Å². The molecule has 1 aliphatic carbocycles. The zero-order valence-corrected chi connectivity index (χ0v) is 13.2. The smallest absolute Gasteiger partial charge is 0.0724 e. The zero-order chi connectivity index (χ0) is 14.5. The first-order valence-corrected chi connectivity index (χ1v) is 8.47. The maximum Gasteiger partial charge on any atom is 0.0724 e. The number of rotatable bonds is 6. The number of hydrogen-bond acceptors (Lipinski definition) is 3. The lowest BCUT2D eigenvalue weighted by molar-refractivity contribution is 0.0420. The molecule has 1 heterocycles. The van der Waals surface area contributed by atoms with Crippen LogP contribution in [-0.4, -0.2) is 38.9 Å². The first-order valence-electron chi connectivity index (χ1n) is 8.47. The highest BCUT2D eigenvalue weighted by molar-refractivity contribution is 5.57. The Kier molecular flexibility index (Phi) is 5.15. The molecule has 0 saturated heterocycles. The lowest BCUT2D eigenvalue weighted by atomic mass is 9.92. The summed E-state index contributed by atoms with van der Waals surface area (Å²) in [6.07, 6.45) is 7.99. The van der Waals surface area contributed by atoms with E-state index in [2.05, 4.69) is 34.5 Å². The summed E-state index contributed by atoms with van der Waals surface area (Å²) in [4.78, 5) is 2.53. The van der Waals surface area contributed by atoms with Gasteiger partial charge in [0, 0.05) is 31.9 Å². The molecule has 21 heavy (non-hydrogen) atoms. The fourth-order valence-corrected chi connectivity index (χ4v) is 3.81. The van der Waals surface area contributed by atoms with Gasteiger partial charge in [0.05, 0.1) is 6.10 Å². The highest BCUT2D eigenvalue weighted by atomic mass is 16.5. The van der Waals surface area contributed by atoms with Crippen molar-refractivity contribution >= 4 is 5.69 Å². The highest BCUT2D eigenvalue weighted by Crippen LogP contribution is 2.27. The molecule has 1 aromatic rings. The number of ether oxygens (including phenoxy) is 1. The molecule has 3 heteroatoms. The number of para-hydroxylation sites is 1. The molecule has 3 nitrogen and oxygen atoms in total. The number of benzene rings is 1. The Balaban J connectivity index is 1.41. The first-order chi connectivity index (χ1) is 10.4. The second-order valence-electron chi connectivity index (χ2n) is 6.34. The van der Waals surface area contributed by atoms with Crippen LogP contribution >= 0.6 is 0 Å². The molecule has 0 spiro atoms. The van der Waals surface area contributed by atoms with E-state index < -0.39 is 0 Å². The second-order valence-corrected chi connectivity index (χ2v) is 6.34. The Morgan fingerprint density at radius 2 is 2.10 bits per heavy atom. The van der Waals surface area contributed by atoms with E-state index in [0.29, 0.717) is 12.1 Å². The van der Waals surface area contributed by atoms with Crippen LogP contribution in [0, 0.1) is 0 Å². The van der Waals surface area contributed by atoms with Crippen LogP contribution in [0.5, 0.6) is 0 Å². The maximum atomic E-state index is 5.61. The number of methoxy groups -OCH3 is 1. The second kappa shape index (κ2) is 7.28. The van der Waals surface area contributed by atoms with Crippen molar-refractivity contribution in [3.8, 4) is 0 Å². The van der Waals surface area contributed by atoms with Crippen LogP contribution in [0.2, 0.25) is 0 Å². The monoisotopic (exact) mass is 288 g/mol. The summed E-state index contributed by atoms with van der Waals surface area (Å²) >= 11 is 0. The van der Waals surface area contributed by atoms with Crippen LogP contribution in [0.1, 0.15) is 37.7 Å². The minimum atomic E-state index is 0.422. The Morgan fingerprint density at radius 1 is 1.24 bits per heavy atom.